The first-order valence-electron chi connectivity index (χ1n) is 7.41. The van der Waals surface area contributed by atoms with E-state index in [4.69, 9.17) is 11.6 Å². The molecule has 0 unspecified atom stereocenters. The number of carbonyl (C=O) groups is 2. The summed E-state index contributed by atoms with van der Waals surface area (Å²) in [6, 6.07) is 12.4. The van der Waals surface area contributed by atoms with Crippen LogP contribution >= 0.6 is 11.6 Å². The van der Waals surface area contributed by atoms with Crippen molar-refractivity contribution < 1.29 is 9.59 Å². The van der Waals surface area contributed by atoms with Crippen molar-refractivity contribution >= 4 is 45.7 Å². The summed E-state index contributed by atoms with van der Waals surface area (Å²) in [7, 11) is 0. The summed E-state index contributed by atoms with van der Waals surface area (Å²) in [5, 5.41) is 7.06. The minimum Gasteiger partial charge on any atom is -0.350 e. The highest BCUT2D eigenvalue weighted by atomic mass is 35.5. The van der Waals surface area contributed by atoms with Crippen molar-refractivity contribution in [1.82, 2.24) is 4.98 Å². The van der Waals surface area contributed by atoms with Crippen molar-refractivity contribution in [3.05, 3.63) is 58.7 Å². The number of fused-ring (bicyclic) bond motifs is 1. The van der Waals surface area contributed by atoms with Gasteiger partial charge in [-0.2, -0.15) is 0 Å². The molecule has 3 N–H and O–H groups in total. The van der Waals surface area contributed by atoms with Gasteiger partial charge in [0.25, 0.3) is 5.91 Å². The number of halogens is 1. The van der Waals surface area contributed by atoms with Crippen LogP contribution in [-0.4, -0.2) is 16.8 Å². The van der Waals surface area contributed by atoms with Gasteiger partial charge in [-0.05, 0) is 48.9 Å². The number of aryl methyl sites for hydroxylation is 1. The van der Waals surface area contributed by atoms with Gasteiger partial charge in [-0.15, -0.1) is 0 Å². The Bertz CT molecular complexity index is 947. The molecule has 3 rings (SSSR count). The van der Waals surface area contributed by atoms with Gasteiger partial charge in [0.15, 0.2) is 0 Å². The largest absolute Gasteiger partial charge is 0.350 e. The molecule has 2 amide bonds. The summed E-state index contributed by atoms with van der Waals surface area (Å²) in [5.74, 6) is -0.415. The number of rotatable bonds is 3. The predicted octanol–water partition coefficient (Wildman–Crippen LogP) is 4.34. The second-order valence-corrected chi connectivity index (χ2v) is 5.97. The zero-order valence-corrected chi connectivity index (χ0v) is 14.0. The van der Waals surface area contributed by atoms with Gasteiger partial charge in [-0.1, -0.05) is 17.7 Å². The molecule has 0 spiro atoms. The van der Waals surface area contributed by atoms with Gasteiger partial charge in [-0.3, -0.25) is 9.59 Å². The molecule has 0 saturated carbocycles. The van der Waals surface area contributed by atoms with E-state index >= 15 is 0 Å². The molecular weight excluding hydrogens is 326 g/mol. The molecule has 122 valence electrons. The first kappa shape index (κ1) is 16.1. The van der Waals surface area contributed by atoms with Crippen LogP contribution in [0.3, 0.4) is 0 Å². The first-order valence-corrected chi connectivity index (χ1v) is 7.78. The Hall–Kier alpha value is -2.79. The molecule has 3 aromatic rings. The average molecular weight is 342 g/mol. The van der Waals surface area contributed by atoms with Crippen molar-refractivity contribution in [2.24, 2.45) is 0 Å². The molecule has 24 heavy (non-hydrogen) atoms. The fraction of sp³-hybridized carbons (Fsp3) is 0.111. The van der Waals surface area contributed by atoms with Crippen molar-refractivity contribution in [2.45, 2.75) is 13.8 Å². The minimum absolute atomic E-state index is 0.165. The fourth-order valence-corrected chi connectivity index (χ4v) is 2.77. The normalized spacial score (nSPS) is 10.6. The molecular formula is C18H16ClN3O2. The Kier molecular flexibility index (Phi) is 4.27. The lowest BCUT2D eigenvalue weighted by Gasteiger charge is -2.07. The van der Waals surface area contributed by atoms with Gasteiger partial charge in [0.05, 0.1) is 0 Å². The van der Waals surface area contributed by atoms with Crippen LogP contribution in [0.25, 0.3) is 10.9 Å². The zero-order valence-electron chi connectivity index (χ0n) is 13.2. The lowest BCUT2D eigenvalue weighted by molar-refractivity contribution is -0.114. The van der Waals surface area contributed by atoms with Gasteiger partial charge in [-0.25, -0.2) is 0 Å². The van der Waals surface area contributed by atoms with E-state index in [1.54, 1.807) is 30.3 Å². The number of H-pyrrole nitrogens is 1. The van der Waals surface area contributed by atoms with Crippen LogP contribution < -0.4 is 10.6 Å². The molecule has 0 radical (unpaired) electrons. The van der Waals surface area contributed by atoms with E-state index < -0.39 is 0 Å². The molecule has 6 heteroatoms. The van der Waals surface area contributed by atoms with Gasteiger partial charge in [0.2, 0.25) is 5.91 Å². The SMILES string of the molecule is CC(=O)Nc1cccc(NC(=O)c2[nH]c3ccc(Cl)cc3c2C)c1. The Morgan fingerprint density at radius 3 is 2.46 bits per heavy atom. The maximum absolute atomic E-state index is 12.6. The predicted molar refractivity (Wildman–Crippen MR) is 96.7 cm³/mol. The molecule has 0 saturated heterocycles. The van der Waals surface area contributed by atoms with Crippen LogP contribution in [0, 0.1) is 6.92 Å². The summed E-state index contributed by atoms with van der Waals surface area (Å²) in [5.41, 5.74) is 3.40. The van der Waals surface area contributed by atoms with Crippen molar-refractivity contribution in [3.8, 4) is 0 Å². The van der Waals surface area contributed by atoms with E-state index in [9.17, 15) is 9.59 Å². The molecule has 1 heterocycles. The quantitative estimate of drug-likeness (QED) is 0.663. The Labute approximate surface area is 144 Å². The van der Waals surface area contributed by atoms with Crippen molar-refractivity contribution in [3.63, 3.8) is 0 Å². The molecule has 0 bridgehead atoms. The summed E-state index contributed by atoms with van der Waals surface area (Å²) in [4.78, 5) is 26.8. The third-order valence-corrected chi connectivity index (χ3v) is 3.92. The highest BCUT2D eigenvalue weighted by Gasteiger charge is 2.15. The number of hydrogen-bond acceptors (Lipinski definition) is 2. The third-order valence-electron chi connectivity index (χ3n) is 3.69. The number of aromatic amines is 1. The Morgan fingerprint density at radius 2 is 1.75 bits per heavy atom. The number of anilines is 2. The molecule has 5 nitrogen and oxygen atoms in total. The molecule has 0 aliphatic carbocycles. The van der Waals surface area contributed by atoms with E-state index in [0.717, 1.165) is 16.5 Å². The summed E-state index contributed by atoms with van der Waals surface area (Å²) < 4.78 is 0. The number of amides is 2. The first-order chi connectivity index (χ1) is 11.4. The summed E-state index contributed by atoms with van der Waals surface area (Å²) in [6.45, 7) is 3.31. The minimum atomic E-state index is -0.250. The maximum atomic E-state index is 12.6. The molecule has 0 aliphatic heterocycles. The molecule has 0 fully saturated rings. The Balaban J connectivity index is 1.87. The van der Waals surface area contributed by atoms with Gasteiger partial charge >= 0.3 is 0 Å². The standard InChI is InChI=1S/C18H16ClN3O2/c1-10-15-8-12(19)6-7-16(15)22-17(10)18(24)21-14-5-3-4-13(9-14)20-11(2)23/h3-9,22H,1-2H3,(H,20,23)(H,21,24). The van der Waals surface area contributed by atoms with Crippen LogP contribution in [0.2, 0.25) is 5.02 Å². The topological polar surface area (TPSA) is 74.0 Å². The number of benzene rings is 2. The molecule has 0 aliphatic rings. The number of aromatic nitrogens is 1. The van der Waals surface area contributed by atoms with Gasteiger partial charge in [0.1, 0.15) is 5.69 Å². The van der Waals surface area contributed by atoms with Crippen molar-refractivity contribution in [2.75, 3.05) is 10.6 Å². The molecule has 2 aromatic carbocycles. The van der Waals surface area contributed by atoms with Crippen LogP contribution in [0.15, 0.2) is 42.5 Å². The summed E-state index contributed by atoms with van der Waals surface area (Å²) in [6.07, 6.45) is 0. The highest BCUT2D eigenvalue weighted by Crippen LogP contribution is 2.25. The van der Waals surface area contributed by atoms with Crippen LogP contribution in [-0.2, 0) is 4.79 Å². The number of hydrogen-bond donors (Lipinski definition) is 3. The second kappa shape index (κ2) is 6.37. The van der Waals surface area contributed by atoms with E-state index in [1.165, 1.54) is 6.92 Å². The van der Waals surface area contributed by atoms with E-state index in [2.05, 4.69) is 15.6 Å². The lowest BCUT2D eigenvalue weighted by atomic mass is 10.1. The average Bonchev–Trinajstić information content (AvgIpc) is 2.84. The molecule has 1 aromatic heterocycles. The summed E-state index contributed by atoms with van der Waals surface area (Å²) >= 11 is 6.02. The second-order valence-electron chi connectivity index (χ2n) is 5.53. The number of carbonyl (C=O) groups excluding carboxylic acids is 2. The highest BCUT2D eigenvalue weighted by molar-refractivity contribution is 6.31. The maximum Gasteiger partial charge on any atom is 0.272 e. The van der Waals surface area contributed by atoms with Crippen LogP contribution in [0.1, 0.15) is 23.0 Å². The smallest absolute Gasteiger partial charge is 0.272 e. The zero-order chi connectivity index (χ0) is 17.3. The van der Waals surface area contributed by atoms with Crippen molar-refractivity contribution in [1.29, 1.82) is 0 Å². The lowest BCUT2D eigenvalue weighted by Crippen LogP contribution is -2.14. The van der Waals surface area contributed by atoms with E-state index in [0.29, 0.717) is 22.1 Å². The fourth-order valence-electron chi connectivity index (χ4n) is 2.60. The Morgan fingerprint density at radius 1 is 1.04 bits per heavy atom. The molecule has 0 atom stereocenters. The van der Waals surface area contributed by atoms with Crippen LogP contribution in [0.4, 0.5) is 11.4 Å². The van der Waals surface area contributed by atoms with Gasteiger partial charge < -0.3 is 15.6 Å². The number of nitrogens with one attached hydrogen (secondary N) is 3. The monoisotopic (exact) mass is 341 g/mol. The third kappa shape index (κ3) is 3.26. The van der Waals surface area contributed by atoms with E-state index in [1.807, 2.05) is 19.1 Å². The van der Waals surface area contributed by atoms with E-state index in [-0.39, 0.29) is 11.8 Å². The van der Waals surface area contributed by atoms with Crippen LogP contribution in [0.5, 0.6) is 0 Å². The van der Waals surface area contributed by atoms with Gasteiger partial charge in [0, 0.05) is 34.2 Å².